The average Bonchev–Trinajstić information content (AvgIpc) is 2.45. The van der Waals surface area contributed by atoms with Crippen LogP contribution >= 0.6 is 0 Å². The first kappa shape index (κ1) is 16.8. The molecule has 1 aliphatic rings. The molecule has 1 atom stereocenters. The Balaban J connectivity index is 1.89. The predicted molar refractivity (Wildman–Crippen MR) is 75.9 cm³/mol. The SMILES string of the molecule is CC(O)(CNC(=O)C1CCC(F)(F)CC1)c1ccc(F)cc1. The molecule has 0 aliphatic heterocycles. The summed E-state index contributed by atoms with van der Waals surface area (Å²) in [6, 6.07) is 5.36. The molecule has 2 rings (SSSR count). The van der Waals surface area contributed by atoms with Crippen LogP contribution in [0.5, 0.6) is 0 Å². The Bertz CT molecular complexity index is 519. The van der Waals surface area contributed by atoms with Crippen LogP contribution in [0.4, 0.5) is 13.2 Å². The minimum Gasteiger partial charge on any atom is -0.384 e. The topological polar surface area (TPSA) is 49.3 Å². The van der Waals surface area contributed by atoms with Crippen molar-refractivity contribution < 1.29 is 23.1 Å². The normalized spacial score (nSPS) is 21.1. The molecule has 0 heterocycles. The lowest BCUT2D eigenvalue weighted by Gasteiger charge is -2.29. The summed E-state index contributed by atoms with van der Waals surface area (Å²) in [7, 11) is 0. The van der Waals surface area contributed by atoms with Crippen molar-refractivity contribution in [2.45, 2.75) is 44.1 Å². The molecule has 0 aromatic heterocycles. The second-order valence-electron chi connectivity index (χ2n) is 6.13. The van der Waals surface area contributed by atoms with Gasteiger partial charge in [0.1, 0.15) is 11.4 Å². The van der Waals surface area contributed by atoms with E-state index < -0.39 is 23.3 Å². The molecule has 1 fully saturated rings. The molecule has 3 nitrogen and oxygen atoms in total. The van der Waals surface area contributed by atoms with Gasteiger partial charge < -0.3 is 10.4 Å². The lowest BCUT2D eigenvalue weighted by molar-refractivity contribution is -0.130. The number of rotatable bonds is 4. The smallest absolute Gasteiger partial charge is 0.248 e. The van der Waals surface area contributed by atoms with Gasteiger partial charge in [-0.2, -0.15) is 0 Å². The number of aliphatic hydroxyl groups is 1. The summed E-state index contributed by atoms with van der Waals surface area (Å²) in [5, 5.41) is 13.0. The highest BCUT2D eigenvalue weighted by Crippen LogP contribution is 2.36. The molecular weight excluding hydrogens is 295 g/mol. The number of carbonyl (C=O) groups excluding carboxylic acids is 1. The van der Waals surface area contributed by atoms with Crippen molar-refractivity contribution in [3.05, 3.63) is 35.6 Å². The summed E-state index contributed by atoms with van der Waals surface area (Å²) in [6.45, 7) is 1.46. The van der Waals surface area contributed by atoms with Gasteiger partial charge >= 0.3 is 0 Å². The van der Waals surface area contributed by atoms with E-state index in [-0.39, 0.29) is 38.1 Å². The Morgan fingerprint density at radius 3 is 2.41 bits per heavy atom. The van der Waals surface area contributed by atoms with Crippen molar-refractivity contribution >= 4 is 5.91 Å². The number of hydrogen-bond donors (Lipinski definition) is 2. The standard InChI is InChI=1S/C16H20F3NO2/c1-15(22,12-2-4-13(17)5-3-12)10-20-14(21)11-6-8-16(18,19)9-7-11/h2-5,11,22H,6-10H2,1H3,(H,20,21). The molecule has 0 radical (unpaired) electrons. The fourth-order valence-electron chi connectivity index (χ4n) is 2.62. The maximum atomic E-state index is 13.1. The van der Waals surface area contributed by atoms with Crippen molar-refractivity contribution in [2.75, 3.05) is 6.54 Å². The monoisotopic (exact) mass is 315 g/mol. The maximum Gasteiger partial charge on any atom is 0.248 e. The van der Waals surface area contributed by atoms with E-state index in [0.29, 0.717) is 5.56 Å². The van der Waals surface area contributed by atoms with Crippen molar-refractivity contribution in [2.24, 2.45) is 5.92 Å². The Labute approximate surface area is 127 Å². The summed E-state index contributed by atoms with van der Waals surface area (Å²) in [5.41, 5.74) is -0.869. The van der Waals surface area contributed by atoms with E-state index in [1.807, 2.05) is 0 Å². The first-order valence-electron chi connectivity index (χ1n) is 7.34. The molecular formula is C16H20F3NO2. The maximum absolute atomic E-state index is 13.1. The van der Waals surface area contributed by atoms with Crippen LogP contribution in [-0.2, 0) is 10.4 Å². The zero-order chi connectivity index (χ0) is 16.4. The Morgan fingerprint density at radius 2 is 1.86 bits per heavy atom. The summed E-state index contributed by atoms with van der Waals surface area (Å²) in [5.74, 6) is -3.84. The molecule has 122 valence electrons. The van der Waals surface area contributed by atoms with E-state index in [2.05, 4.69) is 5.32 Å². The summed E-state index contributed by atoms with van der Waals surface area (Å²) >= 11 is 0. The molecule has 1 aromatic carbocycles. The zero-order valence-corrected chi connectivity index (χ0v) is 12.4. The van der Waals surface area contributed by atoms with Crippen LogP contribution in [0.1, 0.15) is 38.2 Å². The van der Waals surface area contributed by atoms with Gasteiger partial charge in [0.25, 0.3) is 0 Å². The van der Waals surface area contributed by atoms with Crippen LogP contribution in [0.3, 0.4) is 0 Å². The van der Waals surface area contributed by atoms with Gasteiger partial charge in [0.05, 0.1) is 6.54 Å². The van der Waals surface area contributed by atoms with E-state index in [0.717, 1.165) is 0 Å². The van der Waals surface area contributed by atoms with Gasteiger partial charge in [-0.3, -0.25) is 4.79 Å². The van der Waals surface area contributed by atoms with E-state index in [4.69, 9.17) is 0 Å². The number of alkyl halides is 2. The zero-order valence-electron chi connectivity index (χ0n) is 12.4. The van der Waals surface area contributed by atoms with Gasteiger partial charge in [-0.15, -0.1) is 0 Å². The van der Waals surface area contributed by atoms with Crippen LogP contribution < -0.4 is 5.32 Å². The molecule has 1 unspecified atom stereocenters. The van der Waals surface area contributed by atoms with Gasteiger partial charge in [-0.1, -0.05) is 12.1 Å². The van der Waals surface area contributed by atoms with Gasteiger partial charge in [0.15, 0.2) is 0 Å². The van der Waals surface area contributed by atoms with Gasteiger partial charge in [-0.25, -0.2) is 13.2 Å². The first-order valence-corrected chi connectivity index (χ1v) is 7.34. The highest BCUT2D eigenvalue weighted by molar-refractivity contribution is 5.78. The van der Waals surface area contributed by atoms with Crippen LogP contribution in [0.15, 0.2) is 24.3 Å². The highest BCUT2D eigenvalue weighted by atomic mass is 19.3. The molecule has 1 amide bonds. The number of hydrogen-bond acceptors (Lipinski definition) is 2. The van der Waals surface area contributed by atoms with Crippen LogP contribution in [0.2, 0.25) is 0 Å². The van der Waals surface area contributed by atoms with E-state index >= 15 is 0 Å². The second-order valence-corrected chi connectivity index (χ2v) is 6.13. The minimum atomic E-state index is -2.67. The number of carbonyl (C=O) groups is 1. The van der Waals surface area contributed by atoms with Crippen LogP contribution in [0.25, 0.3) is 0 Å². The Morgan fingerprint density at radius 1 is 1.32 bits per heavy atom. The summed E-state index contributed by atoms with van der Waals surface area (Å²) < 4.78 is 39.0. The minimum absolute atomic E-state index is 0.0512. The molecule has 1 aromatic rings. The Hall–Kier alpha value is -1.56. The number of halogens is 3. The van der Waals surface area contributed by atoms with Crippen molar-refractivity contribution in [3.8, 4) is 0 Å². The third kappa shape index (κ3) is 4.22. The van der Waals surface area contributed by atoms with E-state index in [9.17, 15) is 23.1 Å². The summed E-state index contributed by atoms with van der Waals surface area (Å²) in [4.78, 5) is 12.0. The molecule has 22 heavy (non-hydrogen) atoms. The van der Waals surface area contributed by atoms with E-state index in [1.165, 1.54) is 31.2 Å². The third-order valence-corrected chi connectivity index (χ3v) is 4.16. The number of amides is 1. The average molecular weight is 315 g/mol. The van der Waals surface area contributed by atoms with Crippen molar-refractivity contribution in [3.63, 3.8) is 0 Å². The predicted octanol–water partition coefficient (Wildman–Crippen LogP) is 2.97. The number of nitrogens with one attached hydrogen (secondary N) is 1. The molecule has 6 heteroatoms. The van der Waals surface area contributed by atoms with Gasteiger partial charge in [-0.05, 0) is 37.5 Å². The van der Waals surface area contributed by atoms with Crippen molar-refractivity contribution in [1.29, 1.82) is 0 Å². The largest absolute Gasteiger partial charge is 0.384 e. The van der Waals surface area contributed by atoms with Crippen LogP contribution in [0, 0.1) is 11.7 Å². The second kappa shape index (κ2) is 6.28. The molecule has 0 bridgehead atoms. The lowest BCUT2D eigenvalue weighted by atomic mass is 9.86. The van der Waals surface area contributed by atoms with Crippen molar-refractivity contribution in [1.82, 2.24) is 5.32 Å². The molecule has 2 N–H and O–H groups in total. The lowest BCUT2D eigenvalue weighted by Crippen LogP contribution is -2.42. The van der Waals surface area contributed by atoms with Gasteiger partial charge in [0.2, 0.25) is 11.8 Å². The third-order valence-electron chi connectivity index (χ3n) is 4.16. The van der Waals surface area contributed by atoms with Crippen LogP contribution in [-0.4, -0.2) is 23.5 Å². The fourth-order valence-corrected chi connectivity index (χ4v) is 2.62. The Kier molecular flexibility index (Phi) is 4.80. The molecule has 1 aliphatic carbocycles. The first-order chi connectivity index (χ1) is 10.2. The quantitative estimate of drug-likeness (QED) is 0.897. The molecule has 0 saturated heterocycles. The fraction of sp³-hybridized carbons (Fsp3) is 0.562. The highest BCUT2D eigenvalue weighted by Gasteiger charge is 2.37. The summed E-state index contributed by atoms with van der Waals surface area (Å²) in [6.07, 6.45) is -0.256. The van der Waals surface area contributed by atoms with Gasteiger partial charge in [0, 0.05) is 18.8 Å². The van der Waals surface area contributed by atoms with E-state index in [1.54, 1.807) is 0 Å². The number of benzene rings is 1. The molecule has 0 spiro atoms. The molecule has 1 saturated carbocycles.